The number of thioether (sulfide) groups is 1. The fourth-order valence-corrected chi connectivity index (χ4v) is 3.63. The van der Waals surface area contributed by atoms with Crippen molar-refractivity contribution in [1.82, 2.24) is 9.55 Å². The summed E-state index contributed by atoms with van der Waals surface area (Å²) >= 11 is 3.34. The summed E-state index contributed by atoms with van der Waals surface area (Å²) in [6.07, 6.45) is 0. The van der Waals surface area contributed by atoms with Crippen molar-refractivity contribution >= 4 is 51.2 Å². The van der Waals surface area contributed by atoms with Crippen molar-refractivity contribution in [3.05, 3.63) is 62.0 Å². The van der Waals surface area contributed by atoms with E-state index in [0.29, 0.717) is 16.1 Å². The van der Waals surface area contributed by atoms with Gasteiger partial charge in [-0.3, -0.25) is 14.2 Å². The molecule has 2 aromatic carbocycles. The monoisotopic (exact) mass is 451 g/mol. The molecule has 7 heteroatoms. The molecule has 0 aliphatic heterocycles. The van der Waals surface area contributed by atoms with E-state index in [-0.39, 0.29) is 11.3 Å². The Hall–Kier alpha value is -1.87. The molecule has 2 N–H and O–H groups in total. The van der Waals surface area contributed by atoms with Crippen molar-refractivity contribution in [2.75, 3.05) is 5.75 Å². The predicted octanol–water partition coefficient (Wildman–Crippen LogP) is 2.88. The summed E-state index contributed by atoms with van der Waals surface area (Å²) in [5.41, 5.74) is 7.41. The first kappa shape index (κ1) is 17.0. The summed E-state index contributed by atoms with van der Waals surface area (Å²) < 4.78 is 2.52. The molecule has 0 spiro atoms. The van der Waals surface area contributed by atoms with Gasteiger partial charge in [0.15, 0.2) is 5.16 Å². The number of rotatable bonds is 4. The first-order valence-electron chi connectivity index (χ1n) is 7.17. The number of carbonyl (C=O) groups is 1. The number of aryl methyl sites for hydroxylation is 1. The topological polar surface area (TPSA) is 78.0 Å². The van der Waals surface area contributed by atoms with Crippen molar-refractivity contribution in [3.63, 3.8) is 0 Å². The first-order valence-corrected chi connectivity index (χ1v) is 9.23. The molecule has 122 valence electrons. The number of benzene rings is 2. The van der Waals surface area contributed by atoms with Crippen molar-refractivity contribution in [3.8, 4) is 5.69 Å². The van der Waals surface area contributed by atoms with Gasteiger partial charge in [0.25, 0.3) is 5.56 Å². The molecule has 3 aromatic rings. The van der Waals surface area contributed by atoms with Crippen LogP contribution in [0.3, 0.4) is 0 Å². The summed E-state index contributed by atoms with van der Waals surface area (Å²) in [5.74, 6) is -0.387. The molecule has 0 atom stereocenters. The summed E-state index contributed by atoms with van der Waals surface area (Å²) in [6, 6.07) is 13.1. The molecule has 3 rings (SSSR count). The van der Waals surface area contributed by atoms with Crippen LogP contribution in [-0.4, -0.2) is 21.2 Å². The van der Waals surface area contributed by atoms with Crippen LogP contribution in [0.5, 0.6) is 0 Å². The van der Waals surface area contributed by atoms with Gasteiger partial charge in [0.05, 0.1) is 22.3 Å². The fourth-order valence-electron chi connectivity index (χ4n) is 2.40. The summed E-state index contributed by atoms with van der Waals surface area (Å²) in [4.78, 5) is 28.8. The Labute approximate surface area is 156 Å². The van der Waals surface area contributed by atoms with Crippen LogP contribution in [0.1, 0.15) is 5.56 Å². The normalized spacial score (nSPS) is 10.9. The highest BCUT2D eigenvalue weighted by Gasteiger charge is 2.15. The van der Waals surface area contributed by atoms with Gasteiger partial charge in [-0.15, -0.1) is 0 Å². The lowest BCUT2D eigenvalue weighted by atomic mass is 10.2. The number of nitrogens with zero attached hydrogens (tertiary/aromatic N) is 2. The van der Waals surface area contributed by atoms with Crippen LogP contribution in [0.4, 0.5) is 0 Å². The number of hydrogen-bond donors (Lipinski definition) is 1. The summed E-state index contributed by atoms with van der Waals surface area (Å²) in [7, 11) is 0. The number of fused-ring (bicyclic) bond motifs is 1. The first-order chi connectivity index (χ1) is 11.5. The standard InChI is InChI=1S/C17H14IN3O2S/c1-10-4-2-3-5-14(10)21-16(23)12-8-11(18)6-7-13(12)20-17(21)24-9-15(19)22/h2-8H,9H2,1H3,(H2,19,22). The Kier molecular flexibility index (Phi) is 4.91. The minimum Gasteiger partial charge on any atom is -0.369 e. The zero-order valence-electron chi connectivity index (χ0n) is 12.8. The van der Waals surface area contributed by atoms with E-state index < -0.39 is 5.91 Å². The van der Waals surface area contributed by atoms with Crippen molar-refractivity contribution < 1.29 is 4.79 Å². The van der Waals surface area contributed by atoms with E-state index in [0.717, 1.165) is 14.8 Å². The molecule has 0 aliphatic carbocycles. The third kappa shape index (κ3) is 3.32. The van der Waals surface area contributed by atoms with Gasteiger partial charge in [0.1, 0.15) is 0 Å². The Morgan fingerprint density at radius 1 is 1.29 bits per heavy atom. The number of para-hydroxylation sites is 1. The molecule has 0 bridgehead atoms. The van der Waals surface area contributed by atoms with Crippen molar-refractivity contribution in [2.45, 2.75) is 12.1 Å². The molecule has 1 heterocycles. The van der Waals surface area contributed by atoms with E-state index in [1.165, 1.54) is 11.8 Å². The molecule has 0 radical (unpaired) electrons. The van der Waals surface area contributed by atoms with E-state index in [2.05, 4.69) is 27.6 Å². The number of halogens is 1. The van der Waals surface area contributed by atoms with Crippen molar-refractivity contribution in [2.24, 2.45) is 5.73 Å². The summed E-state index contributed by atoms with van der Waals surface area (Å²) in [5, 5.41) is 1.01. The minimum absolute atomic E-state index is 0.0637. The molecule has 24 heavy (non-hydrogen) atoms. The van der Waals surface area contributed by atoms with Crippen LogP contribution >= 0.6 is 34.4 Å². The molecule has 0 saturated heterocycles. The largest absolute Gasteiger partial charge is 0.369 e. The zero-order valence-corrected chi connectivity index (χ0v) is 15.8. The highest BCUT2D eigenvalue weighted by Crippen LogP contribution is 2.23. The third-order valence-electron chi connectivity index (χ3n) is 3.50. The summed E-state index contributed by atoms with van der Waals surface area (Å²) in [6.45, 7) is 1.93. The lowest BCUT2D eigenvalue weighted by molar-refractivity contribution is -0.115. The Morgan fingerprint density at radius 2 is 2.04 bits per heavy atom. The lowest BCUT2D eigenvalue weighted by Gasteiger charge is -2.14. The maximum Gasteiger partial charge on any atom is 0.266 e. The number of amides is 1. The van der Waals surface area contributed by atoms with Gasteiger partial charge >= 0.3 is 0 Å². The second-order valence-electron chi connectivity index (χ2n) is 5.24. The van der Waals surface area contributed by atoms with E-state index in [4.69, 9.17) is 5.73 Å². The second-order valence-corrected chi connectivity index (χ2v) is 7.43. The Bertz CT molecular complexity index is 1000. The van der Waals surface area contributed by atoms with Crippen LogP contribution in [-0.2, 0) is 4.79 Å². The molecular formula is C17H14IN3O2S. The molecule has 0 saturated carbocycles. The molecule has 0 aliphatic rings. The third-order valence-corrected chi connectivity index (χ3v) is 5.13. The maximum atomic E-state index is 13.1. The van der Waals surface area contributed by atoms with E-state index in [9.17, 15) is 9.59 Å². The average Bonchev–Trinajstić information content (AvgIpc) is 2.55. The van der Waals surface area contributed by atoms with Crippen LogP contribution in [0.2, 0.25) is 0 Å². The van der Waals surface area contributed by atoms with E-state index in [1.807, 2.05) is 49.4 Å². The SMILES string of the molecule is Cc1ccccc1-n1c(SCC(N)=O)nc2ccc(I)cc2c1=O. The van der Waals surface area contributed by atoms with E-state index >= 15 is 0 Å². The van der Waals surface area contributed by atoms with E-state index in [1.54, 1.807) is 4.57 Å². The lowest BCUT2D eigenvalue weighted by Crippen LogP contribution is -2.23. The quantitative estimate of drug-likeness (QED) is 0.376. The highest BCUT2D eigenvalue weighted by molar-refractivity contribution is 14.1. The predicted molar refractivity (Wildman–Crippen MR) is 105 cm³/mol. The zero-order chi connectivity index (χ0) is 17.3. The molecule has 1 aromatic heterocycles. The Balaban J connectivity index is 2.32. The van der Waals surface area contributed by atoms with Gasteiger partial charge < -0.3 is 5.73 Å². The molecule has 1 amide bonds. The van der Waals surface area contributed by atoms with Crippen LogP contribution in [0.15, 0.2) is 52.4 Å². The van der Waals surface area contributed by atoms with Gasteiger partial charge in [0, 0.05) is 3.57 Å². The number of primary amides is 1. The number of carbonyl (C=O) groups excluding carboxylic acids is 1. The molecule has 0 fully saturated rings. The smallest absolute Gasteiger partial charge is 0.266 e. The van der Waals surface area contributed by atoms with Gasteiger partial charge in [-0.1, -0.05) is 30.0 Å². The average molecular weight is 451 g/mol. The number of aromatic nitrogens is 2. The van der Waals surface area contributed by atoms with Crippen LogP contribution < -0.4 is 11.3 Å². The maximum absolute atomic E-state index is 13.1. The Morgan fingerprint density at radius 3 is 2.75 bits per heavy atom. The molecule has 5 nitrogen and oxygen atoms in total. The van der Waals surface area contributed by atoms with Crippen LogP contribution in [0.25, 0.3) is 16.6 Å². The molecule has 0 unspecified atom stereocenters. The van der Waals surface area contributed by atoms with Crippen molar-refractivity contribution in [1.29, 1.82) is 0 Å². The molecular weight excluding hydrogens is 437 g/mol. The van der Waals surface area contributed by atoms with Gasteiger partial charge in [0.2, 0.25) is 5.91 Å². The van der Waals surface area contributed by atoms with Crippen LogP contribution in [0, 0.1) is 10.5 Å². The highest BCUT2D eigenvalue weighted by atomic mass is 127. The van der Waals surface area contributed by atoms with Gasteiger partial charge in [-0.05, 0) is 59.3 Å². The fraction of sp³-hybridized carbons (Fsp3) is 0.118. The van der Waals surface area contributed by atoms with Gasteiger partial charge in [-0.25, -0.2) is 4.98 Å². The second kappa shape index (κ2) is 6.94. The number of hydrogen-bond acceptors (Lipinski definition) is 4. The number of nitrogens with two attached hydrogens (primary N) is 1. The minimum atomic E-state index is -0.451. The van der Waals surface area contributed by atoms with Gasteiger partial charge in [-0.2, -0.15) is 0 Å².